The van der Waals surface area contributed by atoms with Gasteiger partial charge in [0.05, 0.1) is 18.8 Å². The number of anilines is 1. The highest BCUT2D eigenvalue weighted by Crippen LogP contribution is 2.25. The quantitative estimate of drug-likeness (QED) is 0.916. The van der Waals surface area contributed by atoms with Crippen molar-refractivity contribution in [1.82, 2.24) is 5.32 Å². The maximum atomic E-state index is 12.1. The van der Waals surface area contributed by atoms with Gasteiger partial charge < -0.3 is 20.1 Å². The van der Waals surface area contributed by atoms with Gasteiger partial charge in [-0.25, -0.2) is 4.79 Å². The summed E-state index contributed by atoms with van der Waals surface area (Å²) in [4.78, 5) is 12.1. The number of hydrogen-bond donors (Lipinski definition) is 2. The van der Waals surface area contributed by atoms with E-state index < -0.39 is 0 Å². The van der Waals surface area contributed by atoms with E-state index in [0.717, 1.165) is 17.7 Å². The summed E-state index contributed by atoms with van der Waals surface area (Å²) < 4.78 is 10.9. The zero-order chi connectivity index (χ0) is 15.4. The molecule has 0 fully saturated rings. The lowest BCUT2D eigenvalue weighted by atomic mass is 10.0. The van der Waals surface area contributed by atoms with Gasteiger partial charge >= 0.3 is 6.03 Å². The fraction of sp³-hybridized carbons (Fsp3) is 0.235. The van der Waals surface area contributed by atoms with Gasteiger partial charge in [-0.15, -0.1) is 0 Å². The number of methoxy groups -OCH3 is 1. The minimum Gasteiger partial charge on any atom is -0.495 e. The Bertz CT molecular complexity index is 672. The molecular formula is C17H18N2O3. The Labute approximate surface area is 129 Å². The molecule has 2 amide bonds. The molecule has 2 aromatic rings. The summed E-state index contributed by atoms with van der Waals surface area (Å²) in [6, 6.07) is 14.9. The number of carbonyl (C=O) groups is 1. The highest BCUT2D eigenvalue weighted by molar-refractivity contribution is 5.91. The molecular weight excluding hydrogens is 280 g/mol. The molecule has 2 aromatic carbocycles. The molecule has 1 aliphatic rings. The number of benzene rings is 2. The molecule has 0 bridgehead atoms. The summed E-state index contributed by atoms with van der Waals surface area (Å²) in [7, 11) is 1.57. The smallest absolute Gasteiger partial charge is 0.319 e. The summed E-state index contributed by atoms with van der Waals surface area (Å²) in [6.07, 6.45) is 0.759. The number of hydrogen-bond acceptors (Lipinski definition) is 3. The third-order valence-electron chi connectivity index (χ3n) is 3.57. The largest absolute Gasteiger partial charge is 0.495 e. The van der Waals surface area contributed by atoms with Crippen molar-refractivity contribution >= 4 is 11.7 Å². The van der Waals surface area contributed by atoms with Crippen molar-refractivity contribution < 1.29 is 14.3 Å². The normalized spacial score (nSPS) is 16.1. The molecule has 1 heterocycles. The van der Waals surface area contributed by atoms with Crippen LogP contribution in [0.5, 0.6) is 11.5 Å². The summed E-state index contributed by atoms with van der Waals surface area (Å²) in [5, 5.41) is 5.73. The van der Waals surface area contributed by atoms with Crippen LogP contribution in [0.15, 0.2) is 48.5 Å². The first kappa shape index (κ1) is 14.3. The molecule has 1 atom stereocenters. The van der Waals surface area contributed by atoms with Crippen LogP contribution in [0.3, 0.4) is 0 Å². The summed E-state index contributed by atoms with van der Waals surface area (Å²) >= 11 is 0. The Hall–Kier alpha value is -2.69. The number of nitrogens with one attached hydrogen (secondary N) is 2. The van der Waals surface area contributed by atoms with E-state index in [1.54, 1.807) is 19.2 Å². The maximum absolute atomic E-state index is 12.1. The molecule has 22 heavy (non-hydrogen) atoms. The molecule has 3 rings (SSSR count). The van der Waals surface area contributed by atoms with Crippen LogP contribution < -0.4 is 20.1 Å². The fourth-order valence-electron chi connectivity index (χ4n) is 2.51. The maximum Gasteiger partial charge on any atom is 0.319 e. The van der Waals surface area contributed by atoms with Crippen molar-refractivity contribution in [3.8, 4) is 11.5 Å². The monoisotopic (exact) mass is 298 g/mol. The van der Waals surface area contributed by atoms with Gasteiger partial charge in [-0.2, -0.15) is 0 Å². The van der Waals surface area contributed by atoms with Gasteiger partial charge in [0.15, 0.2) is 0 Å². The molecule has 5 heteroatoms. The summed E-state index contributed by atoms with van der Waals surface area (Å²) in [5.74, 6) is 1.52. The first-order chi connectivity index (χ1) is 10.8. The van der Waals surface area contributed by atoms with Crippen molar-refractivity contribution in [3.05, 3.63) is 54.1 Å². The van der Waals surface area contributed by atoms with E-state index >= 15 is 0 Å². The van der Waals surface area contributed by atoms with Crippen LogP contribution in [0.4, 0.5) is 10.5 Å². The van der Waals surface area contributed by atoms with Gasteiger partial charge in [0, 0.05) is 0 Å². The average Bonchev–Trinajstić information content (AvgIpc) is 2.55. The lowest BCUT2D eigenvalue weighted by molar-refractivity contribution is 0.222. The number of urea groups is 1. The molecule has 114 valence electrons. The van der Waals surface area contributed by atoms with Crippen LogP contribution >= 0.6 is 0 Å². The second-order valence-electron chi connectivity index (χ2n) is 5.12. The van der Waals surface area contributed by atoms with Gasteiger partial charge in [0.2, 0.25) is 0 Å². The average molecular weight is 298 g/mol. The second-order valence-corrected chi connectivity index (χ2v) is 5.12. The number of rotatable bonds is 3. The third-order valence-corrected chi connectivity index (χ3v) is 3.57. The zero-order valence-corrected chi connectivity index (χ0v) is 12.3. The molecule has 2 N–H and O–H groups in total. The number of para-hydroxylation sites is 3. The Balaban J connectivity index is 1.61. The number of fused-ring (bicyclic) bond motifs is 1. The predicted octanol–water partition coefficient (Wildman–Crippen LogP) is 2.82. The van der Waals surface area contributed by atoms with E-state index in [0.29, 0.717) is 18.0 Å². The molecule has 0 unspecified atom stereocenters. The van der Waals surface area contributed by atoms with Crippen LogP contribution in [-0.2, 0) is 6.42 Å². The van der Waals surface area contributed by atoms with E-state index in [1.165, 1.54) is 0 Å². The Morgan fingerprint density at radius 3 is 2.82 bits per heavy atom. The van der Waals surface area contributed by atoms with Gasteiger partial charge in [0.1, 0.15) is 18.1 Å². The second kappa shape index (κ2) is 6.39. The molecule has 0 saturated heterocycles. The van der Waals surface area contributed by atoms with Crippen molar-refractivity contribution in [2.45, 2.75) is 12.5 Å². The highest BCUT2D eigenvalue weighted by atomic mass is 16.5. The van der Waals surface area contributed by atoms with Crippen LogP contribution in [0, 0.1) is 0 Å². The summed E-state index contributed by atoms with van der Waals surface area (Å²) in [5.41, 5.74) is 1.75. The van der Waals surface area contributed by atoms with E-state index in [9.17, 15) is 4.79 Å². The van der Waals surface area contributed by atoms with Gasteiger partial charge in [-0.3, -0.25) is 0 Å². The van der Waals surface area contributed by atoms with E-state index in [-0.39, 0.29) is 12.1 Å². The topological polar surface area (TPSA) is 59.6 Å². The van der Waals surface area contributed by atoms with Crippen LogP contribution in [0.1, 0.15) is 5.56 Å². The molecule has 5 nitrogen and oxygen atoms in total. The van der Waals surface area contributed by atoms with Gasteiger partial charge in [-0.05, 0) is 30.2 Å². The predicted molar refractivity (Wildman–Crippen MR) is 84.6 cm³/mol. The van der Waals surface area contributed by atoms with Crippen molar-refractivity contribution in [3.63, 3.8) is 0 Å². The van der Waals surface area contributed by atoms with E-state index in [1.807, 2.05) is 36.4 Å². The molecule has 1 aliphatic heterocycles. The Morgan fingerprint density at radius 2 is 1.95 bits per heavy atom. The van der Waals surface area contributed by atoms with E-state index in [4.69, 9.17) is 9.47 Å². The van der Waals surface area contributed by atoms with Crippen LogP contribution in [0.25, 0.3) is 0 Å². The van der Waals surface area contributed by atoms with Crippen molar-refractivity contribution in [1.29, 1.82) is 0 Å². The molecule has 0 radical (unpaired) electrons. The van der Waals surface area contributed by atoms with E-state index in [2.05, 4.69) is 10.6 Å². The zero-order valence-electron chi connectivity index (χ0n) is 12.3. The van der Waals surface area contributed by atoms with Crippen molar-refractivity contribution in [2.24, 2.45) is 0 Å². The standard InChI is InChI=1S/C17H18N2O3/c1-21-16-9-5-3-7-14(16)19-17(20)18-13-10-12-6-2-4-8-15(12)22-11-13/h2-9,13H,10-11H2,1H3,(H2,18,19,20)/t13-/m0/s1. The number of carbonyl (C=O) groups excluding carboxylic acids is 1. The Morgan fingerprint density at radius 1 is 1.18 bits per heavy atom. The summed E-state index contributed by atoms with van der Waals surface area (Å²) in [6.45, 7) is 0.469. The highest BCUT2D eigenvalue weighted by Gasteiger charge is 2.21. The first-order valence-corrected chi connectivity index (χ1v) is 7.17. The van der Waals surface area contributed by atoms with Crippen LogP contribution in [0.2, 0.25) is 0 Å². The molecule has 0 spiro atoms. The lowest BCUT2D eigenvalue weighted by Crippen LogP contribution is -2.44. The third kappa shape index (κ3) is 3.14. The van der Waals surface area contributed by atoms with Gasteiger partial charge in [-0.1, -0.05) is 30.3 Å². The first-order valence-electron chi connectivity index (χ1n) is 7.17. The van der Waals surface area contributed by atoms with Gasteiger partial charge in [0.25, 0.3) is 0 Å². The van der Waals surface area contributed by atoms with Crippen molar-refractivity contribution in [2.75, 3.05) is 19.0 Å². The minimum absolute atomic E-state index is 0.0513. The minimum atomic E-state index is -0.266. The number of amides is 2. The molecule has 0 aliphatic carbocycles. The Kier molecular flexibility index (Phi) is 4.14. The van der Waals surface area contributed by atoms with Crippen LogP contribution in [-0.4, -0.2) is 25.8 Å². The molecule has 0 aromatic heterocycles. The fourth-order valence-corrected chi connectivity index (χ4v) is 2.51. The molecule has 0 saturated carbocycles. The SMILES string of the molecule is COc1ccccc1NC(=O)N[C@@H]1COc2ccccc2C1. The lowest BCUT2D eigenvalue weighted by Gasteiger charge is -2.26. The number of ether oxygens (including phenoxy) is 2.